The first-order chi connectivity index (χ1) is 15.0. The molecule has 3 aromatic carbocycles. The van der Waals surface area contributed by atoms with Crippen molar-refractivity contribution in [2.24, 2.45) is 0 Å². The van der Waals surface area contributed by atoms with Gasteiger partial charge in [0.1, 0.15) is 0 Å². The Morgan fingerprint density at radius 2 is 1.71 bits per heavy atom. The Bertz CT molecular complexity index is 1250. The molecule has 0 radical (unpaired) electrons. The van der Waals surface area contributed by atoms with E-state index in [-0.39, 0.29) is 17.9 Å². The van der Waals surface area contributed by atoms with E-state index in [0.29, 0.717) is 16.8 Å². The first-order valence-corrected chi connectivity index (χ1v) is 10.1. The first-order valence-electron chi connectivity index (χ1n) is 10.1. The Morgan fingerprint density at radius 1 is 0.903 bits per heavy atom. The van der Waals surface area contributed by atoms with Crippen LogP contribution in [0.15, 0.2) is 85.2 Å². The lowest BCUT2D eigenvalue weighted by Crippen LogP contribution is -2.27. The molecule has 1 aromatic heterocycles. The third kappa shape index (κ3) is 4.46. The SMILES string of the molecule is Cc1ccc(NC(=O)c2cccnc2)cc1C(=O)N[C@H](C)c1cccc2ccccc12. The lowest BCUT2D eigenvalue weighted by atomic mass is 9.99. The van der Waals surface area contributed by atoms with E-state index in [1.807, 2.05) is 44.2 Å². The maximum Gasteiger partial charge on any atom is 0.257 e. The van der Waals surface area contributed by atoms with Crippen LogP contribution in [0, 0.1) is 6.92 Å². The van der Waals surface area contributed by atoms with Crippen molar-refractivity contribution in [2.75, 3.05) is 5.32 Å². The van der Waals surface area contributed by atoms with E-state index in [0.717, 1.165) is 21.9 Å². The van der Waals surface area contributed by atoms with Crippen molar-refractivity contribution in [1.82, 2.24) is 10.3 Å². The number of amides is 2. The highest BCUT2D eigenvalue weighted by Crippen LogP contribution is 2.25. The van der Waals surface area contributed by atoms with Crippen LogP contribution in [0.25, 0.3) is 10.8 Å². The van der Waals surface area contributed by atoms with Crippen LogP contribution in [0.1, 0.15) is 44.8 Å². The maximum atomic E-state index is 13.1. The molecule has 1 heterocycles. The molecule has 0 spiro atoms. The van der Waals surface area contributed by atoms with Gasteiger partial charge in [-0.15, -0.1) is 0 Å². The number of anilines is 1. The van der Waals surface area contributed by atoms with E-state index in [1.165, 1.54) is 6.20 Å². The zero-order chi connectivity index (χ0) is 21.8. The fourth-order valence-corrected chi connectivity index (χ4v) is 3.62. The van der Waals surface area contributed by atoms with Gasteiger partial charge in [-0.25, -0.2) is 0 Å². The molecule has 5 heteroatoms. The summed E-state index contributed by atoms with van der Waals surface area (Å²) >= 11 is 0. The molecular formula is C26H23N3O2. The van der Waals surface area contributed by atoms with Gasteiger partial charge in [0.15, 0.2) is 0 Å². The zero-order valence-electron chi connectivity index (χ0n) is 17.4. The third-order valence-corrected chi connectivity index (χ3v) is 5.30. The normalized spacial score (nSPS) is 11.7. The Hall–Kier alpha value is -3.99. The number of nitrogens with zero attached hydrogens (tertiary/aromatic N) is 1. The van der Waals surface area contributed by atoms with Gasteiger partial charge in [0.2, 0.25) is 0 Å². The predicted octanol–water partition coefficient (Wildman–Crippen LogP) is 5.29. The second kappa shape index (κ2) is 8.79. The van der Waals surface area contributed by atoms with E-state index < -0.39 is 0 Å². The quantitative estimate of drug-likeness (QED) is 0.471. The number of pyridine rings is 1. The van der Waals surface area contributed by atoms with Gasteiger partial charge in [0, 0.05) is 23.6 Å². The minimum Gasteiger partial charge on any atom is -0.345 e. The van der Waals surface area contributed by atoms with Crippen molar-refractivity contribution >= 4 is 28.3 Å². The van der Waals surface area contributed by atoms with Gasteiger partial charge in [-0.2, -0.15) is 0 Å². The van der Waals surface area contributed by atoms with E-state index in [4.69, 9.17) is 0 Å². The highest BCUT2D eigenvalue weighted by Gasteiger charge is 2.16. The Balaban J connectivity index is 1.54. The number of carbonyl (C=O) groups excluding carboxylic acids is 2. The number of benzene rings is 3. The molecule has 2 N–H and O–H groups in total. The van der Waals surface area contributed by atoms with Gasteiger partial charge >= 0.3 is 0 Å². The van der Waals surface area contributed by atoms with Crippen molar-refractivity contribution in [1.29, 1.82) is 0 Å². The summed E-state index contributed by atoms with van der Waals surface area (Å²) in [6.07, 6.45) is 3.12. The molecule has 0 saturated carbocycles. The summed E-state index contributed by atoms with van der Waals surface area (Å²) in [5, 5.41) is 8.18. The van der Waals surface area contributed by atoms with E-state index >= 15 is 0 Å². The van der Waals surface area contributed by atoms with Gasteiger partial charge in [0.05, 0.1) is 11.6 Å². The van der Waals surface area contributed by atoms with Crippen LogP contribution in [0.5, 0.6) is 0 Å². The average molecular weight is 409 g/mol. The van der Waals surface area contributed by atoms with Gasteiger partial charge in [-0.1, -0.05) is 48.5 Å². The van der Waals surface area contributed by atoms with E-state index in [2.05, 4.69) is 33.8 Å². The van der Waals surface area contributed by atoms with Crippen LogP contribution in [-0.2, 0) is 0 Å². The fourth-order valence-electron chi connectivity index (χ4n) is 3.62. The van der Waals surface area contributed by atoms with Crippen molar-refractivity contribution in [3.05, 3.63) is 107 Å². The van der Waals surface area contributed by atoms with Crippen molar-refractivity contribution in [3.8, 4) is 0 Å². The predicted molar refractivity (Wildman–Crippen MR) is 123 cm³/mol. The molecule has 0 aliphatic rings. The van der Waals surface area contributed by atoms with Crippen LogP contribution < -0.4 is 10.6 Å². The summed E-state index contributed by atoms with van der Waals surface area (Å²) in [6.45, 7) is 3.85. The molecule has 31 heavy (non-hydrogen) atoms. The van der Waals surface area contributed by atoms with E-state index in [9.17, 15) is 9.59 Å². The summed E-state index contributed by atoms with van der Waals surface area (Å²) in [5.74, 6) is -0.456. The third-order valence-electron chi connectivity index (χ3n) is 5.30. The largest absolute Gasteiger partial charge is 0.345 e. The van der Waals surface area contributed by atoms with Crippen LogP contribution in [-0.4, -0.2) is 16.8 Å². The molecule has 1 atom stereocenters. The molecule has 0 fully saturated rings. The number of aryl methyl sites for hydroxylation is 1. The van der Waals surface area contributed by atoms with Gasteiger partial charge in [0.25, 0.3) is 11.8 Å². The topological polar surface area (TPSA) is 71.1 Å². The van der Waals surface area contributed by atoms with Crippen LogP contribution in [0.3, 0.4) is 0 Å². The summed E-state index contributed by atoms with van der Waals surface area (Å²) in [7, 11) is 0. The Morgan fingerprint density at radius 3 is 2.52 bits per heavy atom. The highest BCUT2D eigenvalue weighted by molar-refractivity contribution is 6.05. The molecular weight excluding hydrogens is 386 g/mol. The molecule has 4 rings (SSSR count). The molecule has 0 unspecified atom stereocenters. The van der Waals surface area contributed by atoms with Crippen LogP contribution >= 0.6 is 0 Å². The Kier molecular flexibility index (Phi) is 5.76. The van der Waals surface area contributed by atoms with Gasteiger partial charge < -0.3 is 10.6 Å². The monoisotopic (exact) mass is 409 g/mol. The van der Waals surface area contributed by atoms with Crippen LogP contribution in [0.2, 0.25) is 0 Å². The number of fused-ring (bicyclic) bond motifs is 1. The standard InChI is InChI=1S/C26H23N3O2/c1-17-12-13-21(29-25(30)20-9-6-14-27-16-20)15-24(17)26(31)28-18(2)22-11-5-8-19-7-3-4-10-23(19)22/h3-16,18H,1-2H3,(H,28,31)(H,29,30)/t18-/m1/s1. The molecule has 5 nitrogen and oxygen atoms in total. The van der Waals surface area contributed by atoms with Gasteiger partial charge in [-0.3, -0.25) is 14.6 Å². The van der Waals surface area contributed by atoms with E-state index in [1.54, 1.807) is 30.5 Å². The lowest BCUT2D eigenvalue weighted by molar-refractivity contribution is 0.0938. The molecule has 4 aromatic rings. The minimum absolute atomic E-state index is 0.174. The first kappa shape index (κ1) is 20.3. The second-order valence-corrected chi connectivity index (χ2v) is 7.49. The van der Waals surface area contributed by atoms with Crippen molar-refractivity contribution in [2.45, 2.75) is 19.9 Å². The van der Waals surface area contributed by atoms with Gasteiger partial charge in [-0.05, 0) is 60.0 Å². The lowest BCUT2D eigenvalue weighted by Gasteiger charge is -2.18. The number of hydrogen-bond acceptors (Lipinski definition) is 3. The molecule has 0 aliphatic carbocycles. The Labute approximate surface area is 181 Å². The number of hydrogen-bond donors (Lipinski definition) is 2. The molecule has 0 aliphatic heterocycles. The maximum absolute atomic E-state index is 13.1. The minimum atomic E-state index is -0.271. The van der Waals surface area contributed by atoms with Crippen LogP contribution in [0.4, 0.5) is 5.69 Å². The van der Waals surface area contributed by atoms with Crippen molar-refractivity contribution < 1.29 is 9.59 Å². The summed E-state index contributed by atoms with van der Waals surface area (Å²) in [6, 6.07) is 22.8. The number of aromatic nitrogens is 1. The molecule has 0 saturated heterocycles. The molecule has 0 bridgehead atoms. The number of rotatable bonds is 5. The smallest absolute Gasteiger partial charge is 0.257 e. The number of nitrogens with one attached hydrogen (secondary N) is 2. The summed E-state index contributed by atoms with van der Waals surface area (Å²) < 4.78 is 0. The second-order valence-electron chi connectivity index (χ2n) is 7.49. The van der Waals surface area contributed by atoms with Crippen molar-refractivity contribution in [3.63, 3.8) is 0 Å². The summed E-state index contributed by atoms with van der Waals surface area (Å²) in [4.78, 5) is 29.4. The average Bonchev–Trinajstić information content (AvgIpc) is 2.80. The highest BCUT2D eigenvalue weighted by atomic mass is 16.2. The zero-order valence-corrected chi connectivity index (χ0v) is 17.4. The molecule has 154 valence electrons. The summed E-state index contributed by atoms with van der Waals surface area (Å²) in [5.41, 5.74) is 3.43. The number of carbonyl (C=O) groups is 2. The molecule has 2 amide bonds. The fraction of sp³-hybridized carbons (Fsp3) is 0.115.